The summed E-state index contributed by atoms with van der Waals surface area (Å²) in [5.74, 6) is 0.133. The molecule has 0 spiro atoms. The van der Waals surface area contributed by atoms with Gasteiger partial charge in [-0.2, -0.15) is 5.26 Å². The summed E-state index contributed by atoms with van der Waals surface area (Å²) in [4.78, 5) is 14.8. The smallest absolute Gasteiger partial charge is 0.242 e. The highest BCUT2D eigenvalue weighted by Gasteiger charge is 2.29. The first-order valence-corrected chi connectivity index (χ1v) is 8.80. The van der Waals surface area contributed by atoms with Crippen LogP contribution in [0, 0.1) is 11.3 Å². The fraction of sp³-hybridized carbons (Fsp3) is 0.444. The highest BCUT2D eigenvalue weighted by Crippen LogP contribution is 2.26. The zero-order chi connectivity index (χ0) is 16.6. The van der Waals surface area contributed by atoms with E-state index in [-0.39, 0.29) is 24.5 Å². The van der Waals surface area contributed by atoms with Gasteiger partial charge in [-0.1, -0.05) is 15.9 Å². The molecular formula is C18H20BrN3O. The zero-order valence-corrected chi connectivity index (χ0v) is 15.0. The Bertz CT molecular complexity index is 779. The van der Waals surface area contributed by atoms with E-state index in [4.69, 9.17) is 0 Å². The van der Waals surface area contributed by atoms with E-state index >= 15 is 0 Å². The summed E-state index contributed by atoms with van der Waals surface area (Å²) in [5.41, 5.74) is 1.53. The molecule has 0 unspecified atom stereocenters. The first kappa shape index (κ1) is 16.1. The van der Waals surface area contributed by atoms with Gasteiger partial charge in [0, 0.05) is 33.7 Å². The van der Waals surface area contributed by atoms with Gasteiger partial charge in [0.05, 0.1) is 5.56 Å². The minimum Gasteiger partial charge on any atom is -0.337 e. The largest absolute Gasteiger partial charge is 0.337 e. The van der Waals surface area contributed by atoms with E-state index in [1.165, 1.54) is 6.42 Å². The fourth-order valence-corrected chi connectivity index (χ4v) is 3.99. The number of carbonyl (C=O) groups is 1. The van der Waals surface area contributed by atoms with Crippen LogP contribution in [0.25, 0.3) is 10.9 Å². The molecule has 23 heavy (non-hydrogen) atoms. The Morgan fingerprint density at radius 2 is 2.04 bits per heavy atom. The van der Waals surface area contributed by atoms with Crippen molar-refractivity contribution in [2.75, 3.05) is 0 Å². The monoisotopic (exact) mass is 373 g/mol. The molecule has 1 aromatic carbocycles. The van der Waals surface area contributed by atoms with E-state index in [1.807, 2.05) is 27.7 Å². The molecule has 1 saturated heterocycles. The number of rotatable bonds is 2. The van der Waals surface area contributed by atoms with Gasteiger partial charge in [-0.15, -0.1) is 0 Å². The average Bonchev–Trinajstić information content (AvgIpc) is 2.84. The number of aromatic nitrogens is 1. The van der Waals surface area contributed by atoms with E-state index in [0.29, 0.717) is 5.56 Å². The predicted octanol–water partition coefficient (Wildman–Crippen LogP) is 4.06. The highest BCUT2D eigenvalue weighted by atomic mass is 79.9. The fourth-order valence-electron chi connectivity index (χ4n) is 3.63. The van der Waals surface area contributed by atoms with E-state index < -0.39 is 0 Å². The first-order chi connectivity index (χ1) is 11.0. The third-order valence-corrected chi connectivity index (χ3v) is 5.24. The Morgan fingerprint density at radius 3 is 2.70 bits per heavy atom. The maximum atomic E-state index is 12.8. The normalized spacial score (nSPS) is 21.4. The first-order valence-electron chi connectivity index (χ1n) is 8.01. The number of halogens is 1. The van der Waals surface area contributed by atoms with Gasteiger partial charge in [-0.05, 0) is 51.3 Å². The number of hydrogen-bond donors (Lipinski definition) is 0. The number of carbonyl (C=O) groups excluding carboxylic acids is 1. The zero-order valence-electron chi connectivity index (χ0n) is 13.4. The Morgan fingerprint density at radius 1 is 1.35 bits per heavy atom. The summed E-state index contributed by atoms with van der Waals surface area (Å²) in [7, 11) is 0. The van der Waals surface area contributed by atoms with Crippen molar-refractivity contribution in [3.63, 3.8) is 0 Å². The van der Waals surface area contributed by atoms with E-state index in [9.17, 15) is 10.1 Å². The summed E-state index contributed by atoms with van der Waals surface area (Å²) in [5, 5.41) is 10.2. The van der Waals surface area contributed by atoms with Crippen LogP contribution in [0.2, 0.25) is 0 Å². The molecule has 2 heterocycles. The Hall–Kier alpha value is -1.80. The summed E-state index contributed by atoms with van der Waals surface area (Å²) in [6.07, 6.45) is 5.11. The lowest BCUT2D eigenvalue weighted by Crippen LogP contribution is -2.48. The quantitative estimate of drug-likeness (QED) is 0.796. The van der Waals surface area contributed by atoms with Crippen LogP contribution in [0.4, 0.5) is 0 Å². The predicted molar refractivity (Wildman–Crippen MR) is 94.0 cm³/mol. The number of benzene rings is 1. The van der Waals surface area contributed by atoms with Crippen LogP contribution in [0.1, 0.15) is 38.7 Å². The van der Waals surface area contributed by atoms with Crippen molar-refractivity contribution in [1.29, 1.82) is 5.26 Å². The van der Waals surface area contributed by atoms with E-state index in [2.05, 4.69) is 35.8 Å². The topological polar surface area (TPSA) is 49.0 Å². The molecule has 0 N–H and O–H groups in total. The van der Waals surface area contributed by atoms with Crippen molar-refractivity contribution in [2.24, 2.45) is 0 Å². The van der Waals surface area contributed by atoms with Crippen LogP contribution in [0.3, 0.4) is 0 Å². The number of piperidine rings is 1. The van der Waals surface area contributed by atoms with Gasteiger partial charge in [0.2, 0.25) is 5.91 Å². The molecule has 2 atom stereocenters. The highest BCUT2D eigenvalue weighted by molar-refractivity contribution is 9.10. The van der Waals surface area contributed by atoms with Crippen LogP contribution in [0.5, 0.6) is 0 Å². The number of amides is 1. The van der Waals surface area contributed by atoms with Gasteiger partial charge in [0.1, 0.15) is 12.6 Å². The molecule has 1 aromatic heterocycles. The lowest BCUT2D eigenvalue weighted by Gasteiger charge is -2.39. The van der Waals surface area contributed by atoms with Crippen molar-refractivity contribution in [3.05, 3.63) is 34.4 Å². The third kappa shape index (κ3) is 3.00. The minimum atomic E-state index is 0.133. The van der Waals surface area contributed by atoms with Crippen LogP contribution in [0.15, 0.2) is 28.9 Å². The van der Waals surface area contributed by atoms with E-state index in [1.54, 1.807) is 6.20 Å². The molecule has 2 aromatic rings. The van der Waals surface area contributed by atoms with Crippen molar-refractivity contribution in [3.8, 4) is 6.07 Å². The molecule has 3 rings (SSSR count). The summed E-state index contributed by atoms with van der Waals surface area (Å²) in [6, 6.07) is 8.63. The second-order valence-corrected chi connectivity index (χ2v) is 7.29. The molecular weight excluding hydrogens is 354 g/mol. The summed E-state index contributed by atoms with van der Waals surface area (Å²) >= 11 is 3.44. The second-order valence-electron chi connectivity index (χ2n) is 6.37. The molecule has 5 heteroatoms. The van der Waals surface area contributed by atoms with E-state index in [0.717, 1.165) is 28.2 Å². The van der Waals surface area contributed by atoms with Crippen LogP contribution in [-0.2, 0) is 11.3 Å². The molecule has 1 amide bonds. The lowest BCUT2D eigenvalue weighted by atomic mass is 9.97. The standard InChI is InChI=1S/C18H20BrN3O/c1-12-4-3-5-13(2)22(12)18(23)11-21-10-14(9-20)16-8-15(19)6-7-17(16)21/h6-8,10,12-13H,3-5,11H2,1-2H3/t12-,13-/m0/s1. The van der Waals surface area contributed by atoms with Crippen molar-refractivity contribution < 1.29 is 4.79 Å². The third-order valence-electron chi connectivity index (χ3n) is 4.75. The molecule has 0 bridgehead atoms. The number of hydrogen-bond acceptors (Lipinski definition) is 2. The SMILES string of the molecule is C[C@H]1CCC[C@H](C)N1C(=O)Cn1cc(C#N)c2cc(Br)ccc21. The molecule has 1 aliphatic heterocycles. The minimum absolute atomic E-state index is 0.133. The Labute approximate surface area is 144 Å². The number of nitrogens with zero attached hydrogens (tertiary/aromatic N) is 3. The van der Waals surface area contributed by atoms with Crippen LogP contribution < -0.4 is 0 Å². The van der Waals surface area contributed by atoms with Gasteiger partial charge in [0.25, 0.3) is 0 Å². The van der Waals surface area contributed by atoms with Gasteiger partial charge < -0.3 is 9.47 Å². The lowest BCUT2D eigenvalue weighted by molar-refractivity contribution is -0.137. The maximum absolute atomic E-state index is 12.8. The summed E-state index contributed by atoms with van der Waals surface area (Å²) in [6.45, 7) is 4.53. The van der Waals surface area contributed by atoms with Gasteiger partial charge in [-0.25, -0.2) is 0 Å². The molecule has 0 saturated carbocycles. The second kappa shape index (κ2) is 6.37. The Kier molecular flexibility index (Phi) is 4.45. The Balaban J connectivity index is 1.92. The number of fused-ring (bicyclic) bond motifs is 1. The molecule has 1 aliphatic rings. The number of nitriles is 1. The van der Waals surface area contributed by atoms with Crippen molar-refractivity contribution >= 4 is 32.7 Å². The molecule has 4 nitrogen and oxygen atoms in total. The van der Waals surface area contributed by atoms with Crippen LogP contribution in [-0.4, -0.2) is 27.5 Å². The van der Waals surface area contributed by atoms with Gasteiger partial charge in [-0.3, -0.25) is 4.79 Å². The number of likely N-dealkylation sites (tertiary alicyclic amines) is 1. The average molecular weight is 374 g/mol. The van der Waals surface area contributed by atoms with Crippen molar-refractivity contribution in [1.82, 2.24) is 9.47 Å². The molecule has 1 fully saturated rings. The molecule has 0 radical (unpaired) electrons. The van der Waals surface area contributed by atoms with Crippen LogP contribution >= 0.6 is 15.9 Å². The van der Waals surface area contributed by atoms with Gasteiger partial charge >= 0.3 is 0 Å². The molecule has 120 valence electrons. The van der Waals surface area contributed by atoms with Gasteiger partial charge in [0.15, 0.2) is 0 Å². The molecule has 0 aliphatic carbocycles. The van der Waals surface area contributed by atoms with Crippen molar-refractivity contribution in [2.45, 2.75) is 51.7 Å². The summed E-state index contributed by atoms with van der Waals surface area (Å²) < 4.78 is 2.83. The maximum Gasteiger partial charge on any atom is 0.242 e.